The van der Waals surface area contributed by atoms with Gasteiger partial charge in [-0.3, -0.25) is 19.1 Å². The molecule has 0 unspecified atom stereocenters. The van der Waals surface area contributed by atoms with Crippen molar-refractivity contribution in [1.29, 1.82) is 0 Å². The maximum atomic E-state index is 5.31. The Hall–Kier alpha value is -7.84. The minimum absolute atomic E-state index is 0.245. The van der Waals surface area contributed by atoms with Gasteiger partial charge >= 0.3 is 0 Å². The first-order chi connectivity index (χ1) is 32.7. The monoisotopic (exact) mass is 886 g/mol. The van der Waals surface area contributed by atoms with E-state index in [9.17, 15) is 0 Å². The van der Waals surface area contributed by atoms with E-state index >= 15 is 0 Å². The summed E-state index contributed by atoms with van der Waals surface area (Å²) in [6.07, 6.45) is 3.97. The van der Waals surface area contributed by atoms with Gasteiger partial charge in [0, 0.05) is 56.4 Å². The summed E-state index contributed by atoms with van der Waals surface area (Å²) in [7, 11) is 0. The molecule has 0 radical (unpaired) electrons. The molecule has 8 nitrogen and oxygen atoms in total. The van der Waals surface area contributed by atoms with Crippen molar-refractivity contribution in [1.82, 2.24) is 19.1 Å². The SMILES string of the molecule is CC1(C)N=C(c2ccc(-n3c4ccccc4c4cc(-c5ccc6c(c5)c5ccccc5n6-c5ccc(C6=NC(C)(C)C(C)(C)N6c6ccccc6)cn5)ccc43)nc2)N(c2ccccc2)C1(C)C. The molecule has 0 aliphatic carbocycles. The van der Waals surface area contributed by atoms with E-state index in [1.807, 2.05) is 12.4 Å². The molecular formula is C60H54N8. The fourth-order valence-corrected chi connectivity index (χ4v) is 10.5. The van der Waals surface area contributed by atoms with E-state index in [-0.39, 0.29) is 22.2 Å². The molecule has 12 rings (SSSR count). The molecule has 0 atom stereocenters. The highest BCUT2D eigenvalue weighted by Crippen LogP contribution is 2.44. The molecule has 6 heterocycles. The van der Waals surface area contributed by atoms with Crippen LogP contribution in [0.4, 0.5) is 11.4 Å². The van der Waals surface area contributed by atoms with Crippen molar-refractivity contribution in [3.05, 3.63) is 193 Å². The summed E-state index contributed by atoms with van der Waals surface area (Å²) < 4.78 is 4.57. The van der Waals surface area contributed by atoms with Crippen LogP contribution in [-0.2, 0) is 0 Å². The van der Waals surface area contributed by atoms with Crippen molar-refractivity contribution in [3.63, 3.8) is 0 Å². The van der Waals surface area contributed by atoms with Crippen LogP contribution in [-0.4, -0.2) is 52.9 Å². The van der Waals surface area contributed by atoms with Crippen LogP contribution in [0.5, 0.6) is 0 Å². The molecule has 68 heavy (non-hydrogen) atoms. The lowest BCUT2D eigenvalue weighted by atomic mass is 9.83. The molecule has 0 fully saturated rings. The summed E-state index contributed by atoms with van der Waals surface area (Å²) in [6, 6.07) is 60.7. The second kappa shape index (κ2) is 14.8. The molecule has 0 amide bonds. The Bertz CT molecular complexity index is 3420. The summed E-state index contributed by atoms with van der Waals surface area (Å²) >= 11 is 0. The number of rotatable bonds is 7. The number of nitrogens with zero attached hydrogens (tertiary/aromatic N) is 8. The Labute approximate surface area is 397 Å². The van der Waals surface area contributed by atoms with E-state index in [0.717, 1.165) is 79.0 Å². The second-order valence-electron chi connectivity index (χ2n) is 20.4. The van der Waals surface area contributed by atoms with Crippen LogP contribution in [0.25, 0.3) is 66.4 Å². The lowest BCUT2D eigenvalue weighted by Gasteiger charge is -2.41. The highest BCUT2D eigenvalue weighted by Gasteiger charge is 2.51. The summed E-state index contributed by atoms with van der Waals surface area (Å²) in [5.74, 6) is 3.60. The van der Waals surface area contributed by atoms with Gasteiger partial charge in [-0.15, -0.1) is 0 Å². The standard InChI is InChI=1S/C60H54N8/c1-57(2)59(5,6)67(43-19-11-9-12-20-43)55(63-57)41-29-33-53(61-37-41)65-49-25-17-15-23-45(49)47-35-39(27-31-51(47)65)40-28-32-52-48(36-40)46-24-16-18-26-50(46)66(52)54-34-30-42(38-62-54)56-64-58(3,4)60(7,8)68(56)44-21-13-10-14-22-44/h9-38H,1-8H3. The van der Waals surface area contributed by atoms with Crippen LogP contribution in [0.15, 0.2) is 192 Å². The van der Waals surface area contributed by atoms with E-state index in [0.29, 0.717) is 0 Å². The highest BCUT2D eigenvalue weighted by atomic mass is 15.3. The third-order valence-electron chi connectivity index (χ3n) is 15.5. The maximum absolute atomic E-state index is 5.31. The van der Waals surface area contributed by atoms with E-state index in [1.165, 1.54) is 21.5 Å². The van der Waals surface area contributed by atoms with Gasteiger partial charge in [0.2, 0.25) is 0 Å². The van der Waals surface area contributed by atoms with Crippen molar-refractivity contribution in [2.45, 2.75) is 77.5 Å². The van der Waals surface area contributed by atoms with Gasteiger partial charge in [-0.1, -0.05) is 84.9 Å². The smallest absolute Gasteiger partial charge is 0.138 e. The van der Waals surface area contributed by atoms with Crippen LogP contribution in [0.1, 0.15) is 66.5 Å². The molecule has 2 aliphatic rings. The quantitative estimate of drug-likeness (QED) is 0.160. The number of amidine groups is 2. The molecule has 0 bridgehead atoms. The molecule has 0 saturated heterocycles. The lowest BCUT2D eigenvalue weighted by molar-refractivity contribution is 0.338. The third kappa shape index (κ3) is 6.12. The molecule has 2 aliphatic heterocycles. The van der Waals surface area contributed by atoms with Crippen LogP contribution < -0.4 is 9.80 Å². The number of para-hydroxylation sites is 4. The number of benzene rings is 6. The number of anilines is 2. The van der Waals surface area contributed by atoms with Gasteiger partial charge in [0.05, 0.1) is 44.2 Å². The number of hydrogen-bond donors (Lipinski definition) is 0. The zero-order valence-electron chi connectivity index (χ0n) is 39.9. The first-order valence-electron chi connectivity index (χ1n) is 23.6. The predicted octanol–water partition coefficient (Wildman–Crippen LogP) is 14.0. The molecule has 10 aromatic rings. The van der Waals surface area contributed by atoms with Crippen LogP contribution in [0.3, 0.4) is 0 Å². The summed E-state index contributed by atoms with van der Waals surface area (Å²) in [4.78, 5) is 25.6. The van der Waals surface area contributed by atoms with Crippen molar-refractivity contribution in [2.75, 3.05) is 9.80 Å². The first-order valence-corrected chi connectivity index (χ1v) is 23.6. The van der Waals surface area contributed by atoms with Gasteiger partial charge < -0.3 is 9.80 Å². The number of fused-ring (bicyclic) bond motifs is 6. The number of hydrogen-bond acceptors (Lipinski definition) is 6. The number of pyridine rings is 2. The van der Waals surface area contributed by atoms with Gasteiger partial charge in [-0.25, -0.2) is 9.97 Å². The van der Waals surface area contributed by atoms with Gasteiger partial charge in [-0.05, 0) is 151 Å². The van der Waals surface area contributed by atoms with Gasteiger partial charge in [0.1, 0.15) is 23.3 Å². The van der Waals surface area contributed by atoms with Crippen LogP contribution in [0, 0.1) is 0 Å². The molecule has 0 saturated carbocycles. The zero-order chi connectivity index (χ0) is 46.7. The Kier molecular flexibility index (Phi) is 9.07. The van der Waals surface area contributed by atoms with Crippen molar-refractivity contribution in [3.8, 4) is 22.8 Å². The Balaban J connectivity index is 0.905. The fraction of sp³-hybridized carbons (Fsp3) is 0.200. The van der Waals surface area contributed by atoms with Crippen molar-refractivity contribution in [2.24, 2.45) is 9.98 Å². The number of aromatic nitrogens is 4. The van der Waals surface area contributed by atoms with Crippen molar-refractivity contribution >= 4 is 66.7 Å². The Morgan fingerprint density at radius 3 is 1.07 bits per heavy atom. The molecule has 8 heteroatoms. The van der Waals surface area contributed by atoms with Crippen molar-refractivity contribution < 1.29 is 0 Å². The maximum Gasteiger partial charge on any atom is 0.138 e. The van der Waals surface area contributed by atoms with E-state index in [2.05, 4.69) is 244 Å². The second-order valence-corrected chi connectivity index (χ2v) is 20.4. The average molecular weight is 887 g/mol. The van der Waals surface area contributed by atoms with Gasteiger partial charge in [0.15, 0.2) is 0 Å². The number of aliphatic imine (C=N–C) groups is 2. The molecule has 0 N–H and O–H groups in total. The molecule has 4 aromatic heterocycles. The Morgan fingerprint density at radius 1 is 0.338 bits per heavy atom. The Morgan fingerprint density at radius 2 is 0.691 bits per heavy atom. The largest absolute Gasteiger partial charge is 0.318 e. The fourth-order valence-electron chi connectivity index (χ4n) is 10.5. The summed E-state index contributed by atoms with van der Waals surface area (Å²) in [5.41, 5.74) is 9.88. The van der Waals surface area contributed by atoms with E-state index in [4.69, 9.17) is 20.0 Å². The average Bonchev–Trinajstić information content (AvgIpc) is 3.98. The molecule has 6 aromatic carbocycles. The first kappa shape index (κ1) is 41.6. The van der Waals surface area contributed by atoms with Crippen LogP contribution in [0.2, 0.25) is 0 Å². The molecule has 334 valence electrons. The lowest BCUT2D eigenvalue weighted by Crippen LogP contribution is -2.53. The summed E-state index contributed by atoms with van der Waals surface area (Å²) in [6.45, 7) is 17.9. The van der Waals surface area contributed by atoms with Gasteiger partial charge in [0.25, 0.3) is 0 Å². The normalized spacial score (nSPS) is 17.1. The zero-order valence-corrected chi connectivity index (χ0v) is 39.9. The van der Waals surface area contributed by atoms with Crippen LogP contribution >= 0.6 is 0 Å². The highest BCUT2D eigenvalue weighted by molar-refractivity contribution is 6.15. The molecular weight excluding hydrogens is 833 g/mol. The van der Waals surface area contributed by atoms with E-state index in [1.54, 1.807) is 0 Å². The van der Waals surface area contributed by atoms with Gasteiger partial charge in [-0.2, -0.15) is 0 Å². The van der Waals surface area contributed by atoms with E-state index < -0.39 is 0 Å². The summed E-state index contributed by atoms with van der Waals surface area (Å²) in [5, 5.41) is 4.73. The topological polar surface area (TPSA) is 66.8 Å². The predicted molar refractivity (Wildman–Crippen MR) is 283 cm³/mol. The minimum Gasteiger partial charge on any atom is -0.318 e. The third-order valence-corrected chi connectivity index (χ3v) is 15.5. The minimum atomic E-state index is -0.306. The molecule has 0 spiro atoms.